The fourth-order valence-corrected chi connectivity index (χ4v) is 2.55. The monoisotopic (exact) mass is 307 g/mol. The fourth-order valence-electron chi connectivity index (χ4n) is 2.55. The molecule has 1 aromatic heterocycles. The Hall–Kier alpha value is -3.13. The zero-order valence-corrected chi connectivity index (χ0v) is 12.5. The number of aliphatic hydroxyl groups is 1. The van der Waals surface area contributed by atoms with E-state index in [0.717, 1.165) is 11.0 Å². The van der Waals surface area contributed by atoms with E-state index in [9.17, 15) is 14.8 Å². The minimum Gasteiger partial charge on any atom is -0.506 e. The van der Waals surface area contributed by atoms with Gasteiger partial charge in [0.15, 0.2) is 5.82 Å². The summed E-state index contributed by atoms with van der Waals surface area (Å²) >= 11 is 0. The molecule has 4 nitrogen and oxygen atoms in total. The SMILES string of the molecule is CCn1c(C(C#N)=C(O)c2ccc(F)cc2)nc2ccccc21. The average molecular weight is 307 g/mol. The Morgan fingerprint density at radius 3 is 2.57 bits per heavy atom. The van der Waals surface area contributed by atoms with Crippen molar-refractivity contribution in [3.8, 4) is 6.07 Å². The van der Waals surface area contributed by atoms with E-state index in [4.69, 9.17) is 0 Å². The third-order valence-electron chi connectivity index (χ3n) is 3.66. The van der Waals surface area contributed by atoms with Gasteiger partial charge in [-0.15, -0.1) is 0 Å². The van der Waals surface area contributed by atoms with Crippen molar-refractivity contribution in [2.75, 3.05) is 0 Å². The van der Waals surface area contributed by atoms with Gasteiger partial charge >= 0.3 is 0 Å². The Kier molecular flexibility index (Phi) is 3.82. The van der Waals surface area contributed by atoms with Crippen LogP contribution in [0.5, 0.6) is 0 Å². The summed E-state index contributed by atoms with van der Waals surface area (Å²) in [7, 11) is 0. The van der Waals surface area contributed by atoms with Gasteiger partial charge in [-0.2, -0.15) is 5.26 Å². The molecule has 1 heterocycles. The van der Waals surface area contributed by atoms with E-state index in [1.165, 1.54) is 24.3 Å². The smallest absolute Gasteiger partial charge is 0.155 e. The molecule has 0 aliphatic carbocycles. The molecule has 0 atom stereocenters. The van der Waals surface area contributed by atoms with Crippen LogP contribution in [0.2, 0.25) is 0 Å². The molecular weight excluding hydrogens is 293 g/mol. The number of benzene rings is 2. The second-order valence-corrected chi connectivity index (χ2v) is 5.01. The van der Waals surface area contributed by atoms with Gasteiger partial charge in [-0.25, -0.2) is 9.37 Å². The van der Waals surface area contributed by atoms with Crippen molar-refractivity contribution in [1.82, 2.24) is 9.55 Å². The maximum absolute atomic E-state index is 13.0. The summed E-state index contributed by atoms with van der Waals surface area (Å²) in [5, 5.41) is 20.0. The summed E-state index contributed by atoms with van der Waals surface area (Å²) in [4.78, 5) is 4.47. The van der Waals surface area contributed by atoms with Crippen LogP contribution in [0.25, 0.3) is 22.4 Å². The first-order valence-corrected chi connectivity index (χ1v) is 7.20. The van der Waals surface area contributed by atoms with Crippen molar-refractivity contribution >= 4 is 22.4 Å². The Morgan fingerprint density at radius 2 is 1.91 bits per heavy atom. The molecule has 0 spiro atoms. The van der Waals surface area contributed by atoms with Crippen molar-refractivity contribution < 1.29 is 9.50 Å². The molecule has 0 aliphatic heterocycles. The Bertz CT molecular complexity index is 933. The van der Waals surface area contributed by atoms with Crippen LogP contribution in [0, 0.1) is 17.1 Å². The predicted molar refractivity (Wildman–Crippen MR) is 86.9 cm³/mol. The number of allylic oxidation sites excluding steroid dienone is 1. The molecule has 0 saturated carbocycles. The quantitative estimate of drug-likeness (QED) is 0.584. The lowest BCUT2D eigenvalue weighted by Gasteiger charge is -2.07. The first-order valence-electron chi connectivity index (χ1n) is 7.20. The molecule has 0 bridgehead atoms. The van der Waals surface area contributed by atoms with E-state index in [1.807, 2.05) is 41.8 Å². The largest absolute Gasteiger partial charge is 0.506 e. The maximum Gasteiger partial charge on any atom is 0.155 e. The van der Waals surface area contributed by atoms with Gasteiger partial charge in [0, 0.05) is 12.1 Å². The first kappa shape index (κ1) is 14.8. The van der Waals surface area contributed by atoms with E-state index >= 15 is 0 Å². The van der Waals surface area contributed by atoms with Crippen LogP contribution >= 0.6 is 0 Å². The predicted octanol–water partition coefficient (Wildman–Crippen LogP) is 4.15. The molecule has 0 aliphatic rings. The Morgan fingerprint density at radius 1 is 1.22 bits per heavy atom. The molecule has 0 radical (unpaired) electrons. The van der Waals surface area contributed by atoms with Crippen molar-refractivity contribution in [2.45, 2.75) is 13.5 Å². The number of fused-ring (bicyclic) bond motifs is 1. The number of hydrogen-bond donors (Lipinski definition) is 1. The van der Waals surface area contributed by atoms with Crippen molar-refractivity contribution in [3.05, 3.63) is 65.7 Å². The third-order valence-corrected chi connectivity index (χ3v) is 3.66. The minimum atomic E-state index is -0.402. The number of nitriles is 1. The maximum atomic E-state index is 13.0. The molecule has 0 fully saturated rings. The number of aryl methyl sites for hydroxylation is 1. The summed E-state index contributed by atoms with van der Waals surface area (Å²) in [5.41, 5.74) is 2.08. The number of hydrogen-bond acceptors (Lipinski definition) is 3. The minimum absolute atomic E-state index is 0.0645. The van der Waals surface area contributed by atoms with Crippen LogP contribution < -0.4 is 0 Å². The Balaban J connectivity index is 2.23. The number of imidazole rings is 1. The van der Waals surface area contributed by atoms with Crippen LogP contribution in [0.15, 0.2) is 48.5 Å². The lowest BCUT2D eigenvalue weighted by molar-refractivity contribution is 0.513. The lowest BCUT2D eigenvalue weighted by atomic mass is 10.1. The molecule has 0 saturated heterocycles. The van der Waals surface area contributed by atoms with Gasteiger partial charge < -0.3 is 9.67 Å². The van der Waals surface area contributed by atoms with Gasteiger partial charge in [-0.3, -0.25) is 0 Å². The number of halogens is 1. The van der Waals surface area contributed by atoms with Gasteiger partial charge in [0.25, 0.3) is 0 Å². The van der Waals surface area contributed by atoms with Crippen molar-refractivity contribution in [2.24, 2.45) is 0 Å². The zero-order chi connectivity index (χ0) is 16.4. The highest BCUT2D eigenvalue weighted by Gasteiger charge is 2.18. The highest BCUT2D eigenvalue weighted by Crippen LogP contribution is 2.27. The van der Waals surface area contributed by atoms with Gasteiger partial charge in [-0.05, 0) is 43.3 Å². The number of rotatable bonds is 3. The van der Waals surface area contributed by atoms with E-state index in [-0.39, 0.29) is 11.3 Å². The lowest BCUT2D eigenvalue weighted by Crippen LogP contribution is -2.02. The van der Waals surface area contributed by atoms with Crippen LogP contribution in [-0.2, 0) is 6.54 Å². The van der Waals surface area contributed by atoms with E-state index in [0.29, 0.717) is 17.9 Å². The topological polar surface area (TPSA) is 61.8 Å². The van der Waals surface area contributed by atoms with Crippen LogP contribution in [-0.4, -0.2) is 14.7 Å². The molecule has 114 valence electrons. The van der Waals surface area contributed by atoms with Crippen LogP contribution in [0.3, 0.4) is 0 Å². The van der Waals surface area contributed by atoms with Crippen molar-refractivity contribution in [3.63, 3.8) is 0 Å². The number of para-hydroxylation sites is 2. The molecule has 1 N–H and O–H groups in total. The van der Waals surface area contributed by atoms with E-state index in [2.05, 4.69) is 4.98 Å². The second-order valence-electron chi connectivity index (χ2n) is 5.01. The van der Waals surface area contributed by atoms with Crippen LogP contribution in [0.4, 0.5) is 4.39 Å². The van der Waals surface area contributed by atoms with Gasteiger partial charge in [0.05, 0.1) is 11.0 Å². The van der Waals surface area contributed by atoms with Crippen LogP contribution in [0.1, 0.15) is 18.3 Å². The zero-order valence-electron chi connectivity index (χ0n) is 12.5. The molecule has 0 unspecified atom stereocenters. The van der Waals surface area contributed by atoms with Gasteiger partial charge in [0.2, 0.25) is 0 Å². The highest BCUT2D eigenvalue weighted by molar-refractivity contribution is 5.94. The Labute approximate surface area is 132 Å². The van der Waals surface area contributed by atoms with E-state index < -0.39 is 5.82 Å². The molecule has 23 heavy (non-hydrogen) atoms. The molecular formula is C18H14FN3O. The number of aromatic nitrogens is 2. The molecule has 3 rings (SSSR count). The summed E-state index contributed by atoms with van der Waals surface area (Å²) < 4.78 is 14.9. The summed E-state index contributed by atoms with van der Waals surface area (Å²) in [6.45, 7) is 2.55. The van der Waals surface area contributed by atoms with E-state index in [1.54, 1.807) is 0 Å². The number of nitrogens with zero attached hydrogens (tertiary/aromatic N) is 3. The van der Waals surface area contributed by atoms with Gasteiger partial charge in [0.1, 0.15) is 23.2 Å². The third kappa shape index (κ3) is 2.55. The fraction of sp³-hybridized carbons (Fsp3) is 0.111. The van der Waals surface area contributed by atoms with Gasteiger partial charge in [-0.1, -0.05) is 12.1 Å². The highest BCUT2D eigenvalue weighted by atomic mass is 19.1. The first-order chi connectivity index (χ1) is 11.2. The second kappa shape index (κ2) is 5.93. The molecule has 0 amide bonds. The standard InChI is InChI=1S/C18H14FN3O/c1-2-22-16-6-4-3-5-15(16)21-18(22)14(11-20)17(23)12-7-9-13(19)10-8-12/h3-10,23H,2H2,1H3. The summed E-state index contributed by atoms with van der Waals surface area (Å²) in [6.07, 6.45) is 0. The normalized spacial score (nSPS) is 12.0. The number of aliphatic hydroxyl groups excluding tert-OH is 1. The molecule has 5 heteroatoms. The molecule has 2 aromatic carbocycles. The summed E-state index contributed by atoms with van der Waals surface area (Å²) in [5.74, 6) is -0.212. The molecule has 3 aromatic rings. The average Bonchev–Trinajstić information content (AvgIpc) is 2.94. The van der Waals surface area contributed by atoms with Crippen molar-refractivity contribution in [1.29, 1.82) is 5.26 Å². The summed E-state index contributed by atoms with van der Waals surface area (Å²) in [6, 6.07) is 14.9.